The number of halogens is 3. The summed E-state index contributed by atoms with van der Waals surface area (Å²) < 4.78 is 39.3. The van der Waals surface area contributed by atoms with Crippen LogP contribution in [0.5, 0.6) is 0 Å². The van der Waals surface area contributed by atoms with Crippen molar-refractivity contribution in [1.82, 2.24) is 9.80 Å². The standard InChI is InChI=1S/C18H17F3N2O2S/c19-18(20,21)14-5-2-1-4-13(14)17(25)23-9-7-22(8-10-23)12-15(24)16-6-3-11-26-16/h1-6,11H,7-10,12H2. The topological polar surface area (TPSA) is 40.6 Å². The Kier molecular flexibility index (Phi) is 5.43. The molecular weight excluding hydrogens is 365 g/mol. The molecule has 0 unspecified atom stereocenters. The fraction of sp³-hybridized carbons (Fsp3) is 0.333. The Morgan fingerprint density at radius 1 is 1.00 bits per heavy atom. The number of carbonyl (C=O) groups excluding carboxylic acids is 2. The van der Waals surface area contributed by atoms with Crippen LogP contribution >= 0.6 is 11.3 Å². The van der Waals surface area contributed by atoms with Gasteiger partial charge in [0.05, 0.1) is 22.5 Å². The first kappa shape index (κ1) is 18.6. The molecule has 1 aromatic heterocycles. The highest BCUT2D eigenvalue weighted by Gasteiger charge is 2.36. The van der Waals surface area contributed by atoms with E-state index in [1.165, 1.54) is 34.4 Å². The van der Waals surface area contributed by atoms with Crippen molar-refractivity contribution in [3.05, 3.63) is 57.8 Å². The van der Waals surface area contributed by atoms with E-state index in [-0.39, 0.29) is 17.9 Å². The summed E-state index contributed by atoms with van der Waals surface area (Å²) in [5, 5.41) is 1.84. The SMILES string of the molecule is O=C(CN1CCN(C(=O)c2ccccc2C(F)(F)F)CC1)c1cccs1. The number of ketones is 1. The average Bonchev–Trinajstić information content (AvgIpc) is 3.16. The van der Waals surface area contributed by atoms with Crippen LogP contribution in [-0.2, 0) is 6.18 Å². The van der Waals surface area contributed by atoms with E-state index in [0.717, 1.165) is 6.07 Å². The summed E-state index contributed by atoms with van der Waals surface area (Å²) >= 11 is 1.38. The van der Waals surface area contributed by atoms with Crippen molar-refractivity contribution in [2.75, 3.05) is 32.7 Å². The van der Waals surface area contributed by atoms with Gasteiger partial charge in [-0.05, 0) is 23.6 Å². The Balaban J connectivity index is 1.62. The summed E-state index contributed by atoms with van der Waals surface area (Å²) in [7, 11) is 0. The molecule has 1 saturated heterocycles. The summed E-state index contributed by atoms with van der Waals surface area (Å²) in [5.74, 6) is -0.607. The molecule has 1 aliphatic rings. The number of benzene rings is 1. The van der Waals surface area contributed by atoms with Gasteiger partial charge in [-0.3, -0.25) is 14.5 Å². The molecule has 0 radical (unpaired) electrons. The predicted octanol–water partition coefficient (Wildman–Crippen LogP) is 3.41. The summed E-state index contributed by atoms with van der Waals surface area (Å²) in [5.41, 5.74) is -1.25. The van der Waals surface area contributed by atoms with Gasteiger partial charge in [-0.1, -0.05) is 18.2 Å². The second-order valence-corrected chi connectivity index (χ2v) is 6.96. The second kappa shape index (κ2) is 7.59. The van der Waals surface area contributed by atoms with Gasteiger partial charge in [0, 0.05) is 26.2 Å². The maximum absolute atomic E-state index is 13.1. The summed E-state index contributed by atoms with van der Waals surface area (Å²) in [6.45, 7) is 1.75. The molecule has 8 heteroatoms. The van der Waals surface area contributed by atoms with Gasteiger partial charge in [-0.15, -0.1) is 11.3 Å². The Morgan fingerprint density at radius 2 is 1.69 bits per heavy atom. The lowest BCUT2D eigenvalue weighted by atomic mass is 10.1. The first-order valence-corrected chi connectivity index (χ1v) is 8.99. The average molecular weight is 382 g/mol. The number of hydrogen-bond acceptors (Lipinski definition) is 4. The third-order valence-electron chi connectivity index (χ3n) is 4.29. The molecule has 0 saturated carbocycles. The molecule has 1 amide bonds. The van der Waals surface area contributed by atoms with Gasteiger partial charge in [-0.2, -0.15) is 13.2 Å². The zero-order chi connectivity index (χ0) is 18.7. The molecule has 1 aromatic carbocycles. The normalized spacial score (nSPS) is 15.9. The Morgan fingerprint density at radius 3 is 2.31 bits per heavy atom. The number of thiophene rings is 1. The molecule has 3 rings (SSSR count). The van der Waals surface area contributed by atoms with Crippen molar-refractivity contribution in [2.24, 2.45) is 0 Å². The molecule has 0 spiro atoms. The molecule has 0 bridgehead atoms. The van der Waals surface area contributed by atoms with E-state index in [9.17, 15) is 22.8 Å². The van der Waals surface area contributed by atoms with E-state index < -0.39 is 17.6 Å². The summed E-state index contributed by atoms with van der Waals surface area (Å²) in [6, 6.07) is 8.40. The van der Waals surface area contributed by atoms with Crippen molar-refractivity contribution in [3.8, 4) is 0 Å². The number of nitrogens with zero attached hydrogens (tertiary/aromatic N) is 2. The van der Waals surface area contributed by atoms with E-state index in [1.807, 2.05) is 16.3 Å². The quantitative estimate of drug-likeness (QED) is 0.761. The van der Waals surface area contributed by atoms with Crippen molar-refractivity contribution >= 4 is 23.0 Å². The third-order valence-corrected chi connectivity index (χ3v) is 5.20. The zero-order valence-corrected chi connectivity index (χ0v) is 14.6. The van der Waals surface area contributed by atoms with Crippen LogP contribution in [0.2, 0.25) is 0 Å². The van der Waals surface area contributed by atoms with Crippen LogP contribution < -0.4 is 0 Å². The van der Waals surface area contributed by atoms with E-state index in [2.05, 4.69) is 0 Å². The third kappa shape index (κ3) is 4.13. The molecule has 26 heavy (non-hydrogen) atoms. The molecule has 2 aromatic rings. The second-order valence-electron chi connectivity index (χ2n) is 6.01. The molecule has 2 heterocycles. The van der Waals surface area contributed by atoms with Crippen molar-refractivity contribution in [1.29, 1.82) is 0 Å². The minimum Gasteiger partial charge on any atom is -0.336 e. The van der Waals surface area contributed by atoms with Gasteiger partial charge in [-0.25, -0.2) is 0 Å². The highest BCUT2D eigenvalue weighted by atomic mass is 32.1. The van der Waals surface area contributed by atoms with Crippen LogP contribution in [0.3, 0.4) is 0 Å². The lowest BCUT2D eigenvalue weighted by Crippen LogP contribution is -2.50. The first-order valence-electron chi connectivity index (χ1n) is 8.11. The molecule has 0 atom stereocenters. The van der Waals surface area contributed by atoms with E-state index >= 15 is 0 Å². The number of alkyl halides is 3. The summed E-state index contributed by atoms with van der Waals surface area (Å²) in [4.78, 5) is 28.7. The van der Waals surface area contributed by atoms with Gasteiger partial charge in [0.25, 0.3) is 5.91 Å². The number of carbonyl (C=O) groups is 2. The fourth-order valence-electron chi connectivity index (χ4n) is 2.91. The number of rotatable bonds is 4. The lowest BCUT2D eigenvalue weighted by Gasteiger charge is -2.34. The maximum atomic E-state index is 13.1. The van der Waals surface area contributed by atoms with Crippen molar-refractivity contribution in [3.63, 3.8) is 0 Å². The molecular formula is C18H17F3N2O2S. The molecule has 0 N–H and O–H groups in total. The van der Waals surface area contributed by atoms with Gasteiger partial charge >= 0.3 is 6.18 Å². The van der Waals surface area contributed by atoms with Crippen LogP contribution in [0, 0.1) is 0 Å². The maximum Gasteiger partial charge on any atom is 0.417 e. The summed E-state index contributed by atoms with van der Waals surface area (Å²) in [6.07, 6.45) is -4.57. The molecule has 0 aliphatic carbocycles. The molecule has 4 nitrogen and oxygen atoms in total. The van der Waals surface area contributed by atoms with E-state index in [4.69, 9.17) is 0 Å². The van der Waals surface area contributed by atoms with Crippen molar-refractivity contribution in [2.45, 2.75) is 6.18 Å². The number of amides is 1. The Hall–Kier alpha value is -2.19. The van der Waals surface area contributed by atoms with Gasteiger partial charge in [0.2, 0.25) is 0 Å². The van der Waals surface area contributed by atoms with Gasteiger partial charge in [0.1, 0.15) is 0 Å². The van der Waals surface area contributed by atoms with Crippen LogP contribution in [-0.4, -0.2) is 54.2 Å². The van der Waals surface area contributed by atoms with Gasteiger partial charge in [0.15, 0.2) is 5.78 Å². The smallest absolute Gasteiger partial charge is 0.336 e. The monoisotopic (exact) mass is 382 g/mol. The number of Topliss-reactive ketones (excluding diaryl/α,β-unsaturated/α-hetero) is 1. The van der Waals surface area contributed by atoms with Gasteiger partial charge < -0.3 is 4.90 Å². The predicted molar refractivity (Wildman–Crippen MR) is 92.4 cm³/mol. The first-order chi connectivity index (χ1) is 12.4. The lowest BCUT2D eigenvalue weighted by molar-refractivity contribution is -0.138. The highest BCUT2D eigenvalue weighted by Crippen LogP contribution is 2.32. The highest BCUT2D eigenvalue weighted by molar-refractivity contribution is 7.12. The van der Waals surface area contributed by atoms with Crippen LogP contribution in [0.25, 0.3) is 0 Å². The van der Waals surface area contributed by atoms with Crippen molar-refractivity contribution < 1.29 is 22.8 Å². The molecule has 138 valence electrons. The Labute approximate surface area is 152 Å². The van der Waals surface area contributed by atoms with Crippen LogP contribution in [0.15, 0.2) is 41.8 Å². The minimum absolute atomic E-state index is 0.0159. The van der Waals surface area contributed by atoms with E-state index in [1.54, 1.807) is 6.07 Å². The Bertz CT molecular complexity index is 782. The zero-order valence-electron chi connectivity index (χ0n) is 13.8. The fourth-order valence-corrected chi connectivity index (χ4v) is 3.57. The molecule has 1 aliphatic heterocycles. The number of hydrogen-bond donors (Lipinski definition) is 0. The van der Waals surface area contributed by atoms with Crippen LogP contribution in [0.1, 0.15) is 25.6 Å². The minimum atomic E-state index is -4.57. The van der Waals surface area contributed by atoms with Crippen LogP contribution in [0.4, 0.5) is 13.2 Å². The largest absolute Gasteiger partial charge is 0.417 e. The van der Waals surface area contributed by atoms with E-state index in [0.29, 0.717) is 31.1 Å². The number of piperazine rings is 1. The molecule has 1 fully saturated rings.